The number of aliphatic carboxylic acids is 1. The lowest BCUT2D eigenvalue weighted by Gasteiger charge is -2.37. The minimum Gasteiger partial charge on any atom is -0.494 e. The number of halogens is 3. The summed E-state index contributed by atoms with van der Waals surface area (Å²) in [5, 5.41) is 12.6. The van der Waals surface area contributed by atoms with Gasteiger partial charge in [0.05, 0.1) is 12.5 Å². The Hall–Kier alpha value is -2.02. The van der Waals surface area contributed by atoms with Crippen LogP contribution < -0.4 is 10.1 Å². The van der Waals surface area contributed by atoms with Crippen LogP contribution in [0, 0.1) is 11.8 Å². The molecule has 4 nitrogen and oxygen atoms in total. The van der Waals surface area contributed by atoms with Gasteiger partial charge in [-0.1, -0.05) is 19.1 Å². The fourth-order valence-corrected chi connectivity index (χ4v) is 4.18. The fraction of sp³-hybridized carbons (Fsp3) is 0.591. The zero-order valence-electron chi connectivity index (χ0n) is 16.8. The molecular formula is C22H28F3NO3. The molecule has 0 bridgehead atoms. The second-order valence-electron chi connectivity index (χ2n) is 8.27. The predicted octanol–water partition coefficient (Wildman–Crippen LogP) is 4.82. The van der Waals surface area contributed by atoms with Crippen molar-refractivity contribution in [2.24, 2.45) is 11.8 Å². The molecule has 29 heavy (non-hydrogen) atoms. The Balaban J connectivity index is 1.57. The van der Waals surface area contributed by atoms with Gasteiger partial charge in [0.1, 0.15) is 5.75 Å². The van der Waals surface area contributed by atoms with Gasteiger partial charge in [-0.2, -0.15) is 13.2 Å². The number of nitrogens with one attached hydrogen (secondary N) is 1. The van der Waals surface area contributed by atoms with Crippen LogP contribution >= 0.6 is 0 Å². The molecule has 0 aliphatic heterocycles. The van der Waals surface area contributed by atoms with Crippen molar-refractivity contribution in [3.63, 3.8) is 0 Å². The van der Waals surface area contributed by atoms with Crippen LogP contribution in [0.4, 0.5) is 13.2 Å². The van der Waals surface area contributed by atoms with Gasteiger partial charge in [0.2, 0.25) is 0 Å². The molecule has 0 amide bonds. The maximum atomic E-state index is 12.2. The molecular weight excluding hydrogens is 383 g/mol. The van der Waals surface area contributed by atoms with E-state index >= 15 is 0 Å². The first kappa shape index (κ1) is 21.7. The number of ether oxygens (including phenoxy) is 1. The summed E-state index contributed by atoms with van der Waals surface area (Å²) in [6, 6.07) is 6.09. The molecule has 1 saturated carbocycles. The minimum absolute atomic E-state index is 0.0475. The Kier molecular flexibility index (Phi) is 6.56. The number of carboxylic acid groups (broad SMARTS) is 1. The van der Waals surface area contributed by atoms with Crippen LogP contribution in [0.5, 0.6) is 5.75 Å². The van der Waals surface area contributed by atoms with E-state index in [0.29, 0.717) is 24.5 Å². The predicted molar refractivity (Wildman–Crippen MR) is 105 cm³/mol. The van der Waals surface area contributed by atoms with E-state index in [0.717, 1.165) is 17.5 Å². The van der Waals surface area contributed by atoms with E-state index in [1.807, 2.05) is 12.1 Å². The van der Waals surface area contributed by atoms with Crippen LogP contribution in [0.3, 0.4) is 0 Å². The van der Waals surface area contributed by atoms with Gasteiger partial charge in [0.25, 0.3) is 0 Å². The summed E-state index contributed by atoms with van der Waals surface area (Å²) in [5.74, 6) is -0.0183. The zero-order valence-corrected chi connectivity index (χ0v) is 16.8. The average molecular weight is 411 g/mol. The van der Waals surface area contributed by atoms with Crippen LogP contribution in [-0.2, 0) is 11.2 Å². The number of hydrogen-bond acceptors (Lipinski definition) is 3. The molecule has 1 unspecified atom stereocenters. The number of hydrogen-bond donors (Lipinski definition) is 2. The number of alkyl halides is 3. The third-order valence-electron chi connectivity index (χ3n) is 5.88. The normalized spacial score (nSPS) is 24.9. The highest BCUT2D eigenvalue weighted by Gasteiger charge is 2.35. The Bertz CT molecular complexity index is 769. The number of fused-ring (bicyclic) bond motifs is 1. The van der Waals surface area contributed by atoms with E-state index in [1.165, 1.54) is 5.57 Å². The van der Waals surface area contributed by atoms with Gasteiger partial charge in [0, 0.05) is 18.5 Å². The van der Waals surface area contributed by atoms with Gasteiger partial charge >= 0.3 is 12.1 Å². The molecule has 0 spiro atoms. The third-order valence-corrected chi connectivity index (χ3v) is 5.88. The minimum atomic E-state index is -4.14. The van der Waals surface area contributed by atoms with Crippen molar-refractivity contribution in [1.29, 1.82) is 0 Å². The van der Waals surface area contributed by atoms with Gasteiger partial charge in [-0.3, -0.25) is 4.79 Å². The Labute approximate surface area is 169 Å². The van der Waals surface area contributed by atoms with Crippen molar-refractivity contribution >= 4 is 12.0 Å². The monoisotopic (exact) mass is 411 g/mol. The van der Waals surface area contributed by atoms with Crippen molar-refractivity contribution in [3.8, 4) is 5.75 Å². The van der Waals surface area contributed by atoms with Gasteiger partial charge in [-0.15, -0.1) is 0 Å². The molecule has 0 radical (unpaired) electrons. The fourth-order valence-electron chi connectivity index (χ4n) is 4.18. The summed E-state index contributed by atoms with van der Waals surface area (Å²) in [4.78, 5) is 11.0. The molecule has 160 valence electrons. The van der Waals surface area contributed by atoms with Crippen molar-refractivity contribution < 1.29 is 27.8 Å². The summed E-state index contributed by atoms with van der Waals surface area (Å²) in [6.45, 7) is 4.32. The lowest BCUT2D eigenvalue weighted by atomic mass is 9.78. The molecule has 3 rings (SSSR count). The summed E-state index contributed by atoms with van der Waals surface area (Å²) < 4.78 is 42.2. The maximum absolute atomic E-state index is 12.2. The topological polar surface area (TPSA) is 58.6 Å². The molecule has 0 aromatic heterocycles. The second kappa shape index (κ2) is 8.78. The highest BCUT2D eigenvalue weighted by atomic mass is 19.4. The maximum Gasteiger partial charge on any atom is 0.389 e. The number of benzene rings is 1. The highest BCUT2D eigenvalue weighted by molar-refractivity contribution is 5.71. The standard InChI is InChI=1S/C22H28F3NO3/c1-13-8-16-11-19(29-7-3-6-22(23,24)25)5-4-15(16)12-20(13)14(2)26-18-9-17(10-18)21(27)28/h4-5,11-14,17-18,26H,3,6-10H2,1-2H3,(H,27,28)/t13-,14?,17-,18+/m1/s1. The summed E-state index contributed by atoms with van der Waals surface area (Å²) >= 11 is 0. The first-order valence-electron chi connectivity index (χ1n) is 10.1. The third kappa shape index (κ3) is 5.75. The lowest BCUT2D eigenvalue weighted by molar-refractivity contribution is -0.145. The van der Waals surface area contributed by atoms with E-state index in [9.17, 15) is 18.0 Å². The summed E-state index contributed by atoms with van der Waals surface area (Å²) in [5.41, 5.74) is 3.53. The Morgan fingerprint density at radius 1 is 1.34 bits per heavy atom. The zero-order chi connectivity index (χ0) is 21.2. The molecule has 1 aromatic carbocycles. The van der Waals surface area contributed by atoms with Crippen molar-refractivity contribution in [1.82, 2.24) is 5.32 Å². The van der Waals surface area contributed by atoms with Gasteiger partial charge in [-0.05, 0) is 67.4 Å². The second-order valence-corrected chi connectivity index (χ2v) is 8.27. The molecule has 0 heterocycles. The van der Waals surface area contributed by atoms with Crippen molar-refractivity contribution in [2.45, 2.75) is 64.2 Å². The number of rotatable bonds is 8. The van der Waals surface area contributed by atoms with Crippen molar-refractivity contribution in [2.75, 3.05) is 6.61 Å². The van der Waals surface area contributed by atoms with Gasteiger partial charge < -0.3 is 15.2 Å². The summed E-state index contributed by atoms with van der Waals surface area (Å²) in [7, 11) is 0. The molecule has 2 aliphatic rings. The van der Waals surface area contributed by atoms with Crippen LogP contribution in [0.1, 0.15) is 50.7 Å². The molecule has 2 N–H and O–H groups in total. The number of carboxylic acids is 1. The van der Waals surface area contributed by atoms with E-state index < -0.39 is 18.6 Å². The molecule has 1 fully saturated rings. The van der Waals surface area contributed by atoms with Gasteiger partial charge in [-0.25, -0.2) is 0 Å². The van der Waals surface area contributed by atoms with E-state index in [-0.39, 0.29) is 31.0 Å². The molecule has 2 aliphatic carbocycles. The molecule has 0 saturated heterocycles. The Morgan fingerprint density at radius 2 is 2.07 bits per heavy atom. The molecule has 7 heteroatoms. The van der Waals surface area contributed by atoms with Gasteiger partial charge in [0.15, 0.2) is 0 Å². The SMILES string of the molecule is CC(N[C@H]1C[C@@H](C(=O)O)C1)C1=Cc2ccc(OCCCC(F)(F)F)cc2C[C@H]1C. The van der Waals surface area contributed by atoms with Crippen LogP contribution in [0.15, 0.2) is 23.8 Å². The van der Waals surface area contributed by atoms with E-state index in [1.54, 1.807) is 6.07 Å². The quantitative estimate of drug-likeness (QED) is 0.602. The molecule has 1 aromatic rings. The van der Waals surface area contributed by atoms with Crippen LogP contribution in [0.2, 0.25) is 0 Å². The Morgan fingerprint density at radius 3 is 2.72 bits per heavy atom. The van der Waals surface area contributed by atoms with E-state index in [2.05, 4.69) is 25.2 Å². The van der Waals surface area contributed by atoms with E-state index in [4.69, 9.17) is 9.84 Å². The first-order chi connectivity index (χ1) is 13.6. The van der Waals surface area contributed by atoms with Crippen molar-refractivity contribution in [3.05, 3.63) is 34.9 Å². The largest absolute Gasteiger partial charge is 0.494 e. The smallest absolute Gasteiger partial charge is 0.389 e. The molecule has 2 atom stereocenters. The average Bonchev–Trinajstić information content (AvgIpc) is 2.59. The number of carbonyl (C=O) groups is 1. The summed E-state index contributed by atoms with van der Waals surface area (Å²) in [6.07, 6.45) is -0.667. The van der Waals surface area contributed by atoms with Crippen LogP contribution in [-0.4, -0.2) is 35.9 Å². The first-order valence-corrected chi connectivity index (χ1v) is 10.1. The highest BCUT2D eigenvalue weighted by Crippen LogP contribution is 2.34. The lowest BCUT2D eigenvalue weighted by Crippen LogP contribution is -2.48. The van der Waals surface area contributed by atoms with Crippen LogP contribution in [0.25, 0.3) is 6.08 Å².